The van der Waals surface area contributed by atoms with Crippen molar-refractivity contribution in [2.75, 3.05) is 26.2 Å². The van der Waals surface area contributed by atoms with E-state index in [4.69, 9.17) is 4.74 Å². The quantitative estimate of drug-likeness (QED) is 0.801. The van der Waals surface area contributed by atoms with E-state index in [9.17, 15) is 4.79 Å². The molecule has 1 amide bonds. The van der Waals surface area contributed by atoms with Gasteiger partial charge in [-0.25, -0.2) is 4.79 Å². The molecule has 2 fully saturated rings. The van der Waals surface area contributed by atoms with Crippen LogP contribution >= 0.6 is 0 Å². The highest BCUT2D eigenvalue weighted by molar-refractivity contribution is 5.70. The topological polar surface area (TPSA) is 41.6 Å². The lowest BCUT2D eigenvalue weighted by atomic mass is 9.89. The molecule has 2 unspecified atom stereocenters. The fourth-order valence-electron chi connectivity index (χ4n) is 2.76. The molecule has 0 aromatic rings. The molecule has 0 bridgehead atoms. The normalized spacial score (nSPS) is 30.5. The fraction of sp³-hybridized carbons (Fsp3) is 0.923. The van der Waals surface area contributed by atoms with Crippen molar-refractivity contribution >= 4 is 6.09 Å². The Morgan fingerprint density at radius 3 is 2.82 bits per heavy atom. The van der Waals surface area contributed by atoms with E-state index in [0.717, 1.165) is 19.6 Å². The number of piperidine rings is 1. The van der Waals surface area contributed by atoms with Crippen LogP contribution in [0.15, 0.2) is 0 Å². The predicted molar refractivity (Wildman–Crippen MR) is 66.9 cm³/mol. The molecule has 0 aliphatic carbocycles. The van der Waals surface area contributed by atoms with E-state index < -0.39 is 0 Å². The van der Waals surface area contributed by atoms with Gasteiger partial charge in [0.1, 0.15) is 6.61 Å². The van der Waals surface area contributed by atoms with Crippen molar-refractivity contribution in [1.29, 1.82) is 0 Å². The van der Waals surface area contributed by atoms with E-state index in [1.54, 1.807) is 0 Å². The number of amides is 1. The number of hydrogen-bond acceptors (Lipinski definition) is 3. The molecule has 0 aromatic heterocycles. The zero-order valence-electron chi connectivity index (χ0n) is 11.2. The molecule has 2 aliphatic rings. The maximum Gasteiger partial charge on any atom is 0.410 e. The van der Waals surface area contributed by atoms with Gasteiger partial charge in [-0.05, 0) is 30.7 Å². The first kappa shape index (κ1) is 12.7. The minimum absolute atomic E-state index is 0.129. The Bertz CT molecular complexity index is 280. The van der Waals surface area contributed by atoms with E-state index in [0.29, 0.717) is 12.5 Å². The van der Waals surface area contributed by atoms with Crippen molar-refractivity contribution < 1.29 is 9.53 Å². The highest BCUT2D eigenvalue weighted by atomic mass is 16.6. The molecule has 2 saturated heterocycles. The van der Waals surface area contributed by atoms with Gasteiger partial charge in [-0.3, -0.25) is 0 Å². The summed E-state index contributed by atoms with van der Waals surface area (Å²) in [6.07, 6.45) is 2.28. The van der Waals surface area contributed by atoms with E-state index in [1.165, 1.54) is 12.8 Å². The molecule has 4 heteroatoms. The maximum absolute atomic E-state index is 11.8. The first-order valence-corrected chi connectivity index (χ1v) is 6.61. The zero-order valence-corrected chi connectivity index (χ0v) is 11.2. The van der Waals surface area contributed by atoms with Crippen LogP contribution in [0.3, 0.4) is 0 Å². The van der Waals surface area contributed by atoms with Crippen molar-refractivity contribution in [1.82, 2.24) is 10.2 Å². The number of nitrogens with one attached hydrogen (secondary N) is 1. The highest BCUT2D eigenvalue weighted by Gasteiger charge is 2.40. The molecule has 0 radical (unpaired) electrons. The van der Waals surface area contributed by atoms with Crippen LogP contribution < -0.4 is 5.32 Å². The van der Waals surface area contributed by atoms with Gasteiger partial charge in [0.2, 0.25) is 0 Å². The Morgan fingerprint density at radius 2 is 2.24 bits per heavy atom. The lowest BCUT2D eigenvalue weighted by Crippen LogP contribution is -2.47. The Balaban J connectivity index is 2.02. The highest BCUT2D eigenvalue weighted by Crippen LogP contribution is 2.28. The largest absolute Gasteiger partial charge is 0.447 e. The van der Waals surface area contributed by atoms with Crippen LogP contribution in [-0.4, -0.2) is 43.3 Å². The molecule has 2 aliphatic heterocycles. The van der Waals surface area contributed by atoms with Crippen molar-refractivity contribution in [2.24, 2.45) is 11.3 Å². The van der Waals surface area contributed by atoms with Crippen molar-refractivity contribution in [3.63, 3.8) is 0 Å². The summed E-state index contributed by atoms with van der Waals surface area (Å²) in [5, 5.41) is 3.42. The van der Waals surface area contributed by atoms with Gasteiger partial charge in [0.05, 0.1) is 6.04 Å². The van der Waals surface area contributed by atoms with Gasteiger partial charge in [-0.1, -0.05) is 20.8 Å². The third-order valence-corrected chi connectivity index (χ3v) is 3.54. The molecule has 2 heterocycles. The maximum atomic E-state index is 11.8. The van der Waals surface area contributed by atoms with Gasteiger partial charge >= 0.3 is 6.09 Å². The number of hydrogen-bond donors (Lipinski definition) is 1. The first-order valence-electron chi connectivity index (χ1n) is 6.61. The molecular formula is C13H24N2O2. The molecule has 0 spiro atoms. The lowest BCUT2D eigenvalue weighted by Gasteiger charge is -2.35. The Kier molecular flexibility index (Phi) is 3.61. The standard InChI is InChI=1S/C13H24N2O2/c1-13(2,3)9-15-11(8-17-12(15)16)10-5-4-6-14-7-10/h10-11,14H,4-9H2,1-3H3. The molecule has 1 N–H and O–H groups in total. The molecule has 0 saturated carbocycles. The minimum Gasteiger partial charge on any atom is -0.447 e. The number of ether oxygens (including phenoxy) is 1. The fourth-order valence-corrected chi connectivity index (χ4v) is 2.76. The van der Waals surface area contributed by atoms with Gasteiger partial charge in [0.15, 0.2) is 0 Å². The van der Waals surface area contributed by atoms with Crippen LogP contribution in [-0.2, 0) is 4.74 Å². The molecule has 2 atom stereocenters. The van der Waals surface area contributed by atoms with Crippen LogP contribution in [0.4, 0.5) is 4.79 Å². The second-order valence-electron chi connectivity index (χ2n) is 6.44. The summed E-state index contributed by atoms with van der Waals surface area (Å²) in [6.45, 7) is 9.96. The van der Waals surface area contributed by atoms with Crippen molar-refractivity contribution in [3.8, 4) is 0 Å². The van der Waals surface area contributed by atoms with Crippen LogP contribution in [0.1, 0.15) is 33.6 Å². The summed E-state index contributed by atoms with van der Waals surface area (Å²) < 4.78 is 5.24. The Labute approximate surface area is 104 Å². The summed E-state index contributed by atoms with van der Waals surface area (Å²) in [5.74, 6) is 0.553. The van der Waals surface area contributed by atoms with Crippen LogP contribution in [0.25, 0.3) is 0 Å². The van der Waals surface area contributed by atoms with Gasteiger partial charge in [-0.2, -0.15) is 0 Å². The summed E-state index contributed by atoms with van der Waals surface area (Å²) in [4.78, 5) is 13.7. The van der Waals surface area contributed by atoms with Gasteiger partial charge in [0.25, 0.3) is 0 Å². The first-order chi connectivity index (χ1) is 7.97. The van der Waals surface area contributed by atoms with E-state index in [2.05, 4.69) is 26.1 Å². The number of rotatable bonds is 2. The smallest absolute Gasteiger partial charge is 0.410 e. The van der Waals surface area contributed by atoms with Crippen LogP contribution in [0, 0.1) is 11.3 Å². The van der Waals surface area contributed by atoms with E-state index in [-0.39, 0.29) is 17.6 Å². The summed E-state index contributed by atoms with van der Waals surface area (Å²) in [7, 11) is 0. The summed E-state index contributed by atoms with van der Waals surface area (Å²) >= 11 is 0. The van der Waals surface area contributed by atoms with Gasteiger partial charge in [-0.15, -0.1) is 0 Å². The van der Waals surface area contributed by atoms with Crippen molar-refractivity contribution in [3.05, 3.63) is 0 Å². The molecule has 2 rings (SSSR count). The lowest BCUT2D eigenvalue weighted by molar-refractivity contribution is 0.133. The van der Waals surface area contributed by atoms with E-state index in [1.807, 2.05) is 4.90 Å². The van der Waals surface area contributed by atoms with Gasteiger partial charge in [0, 0.05) is 13.1 Å². The third kappa shape index (κ3) is 3.12. The zero-order chi connectivity index (χ0) is 12.5. The monoisotopic (exact) mass is 240 g/mol. The molecule has 98 valence electrons. The van der Waals surface area contributed by atoms with Crippen molar-refractivity contribution in [2.45, 2.75) is 39.7 Å². The third-order valence-electron chi connectivity index (χ3n) is 3.54. The second-order valence-corrected chi connectivity index (χ2v) is 6.44. The van der Waals surface area contributed by atoms with E-state index >= 15 is 0 Å². The SMILES string of the molecule is CC(C)(C)CN1C(=O)OCC1C1CCCNC1. The van der Waals surface area contributed by atoms with Crippen LogP contribution in [0.5, 0.6) is 0 Å². The second kappa shape index (κ2) is 4.84. The number of nitrogens with zero attached hydrogens (tertiary/aromatic N) is 1. The molecule has 0 aromatic carbocycles. The van der Waals surface area contributed by atoms with Gasteiger partial charge < -0.3 is 15.0 Å². The van der Waals surface area contributed by atoms with Crippen LogP contribution in [0.2, 0.25) is 0 Å². The number of carbonyl (C=O) groups excluding carboxylic acids is 1. The molecular weight excluding hydrogens is 216 g/mol. The Hall–Kier alpha value is -0.770. The predicted octanol–water partition coefficient (Wildman–Crippen LogP) is 1.85. The average Bonchev–Trinajstić information content (AvgIpc) is 2.60. The summed E-state index contributed by atoms with van der Waals surface area (Å²) in [6, 6.07) is 0.273. The summed E-state index contributed by atoms with van der Waals surface area (Å²) in [5.41, 5.74) is 0.129. The Morgan fingerprint density at radius 1 is 1.47 bits per heavy atom. The molecule has 17 heavy (non-hydrogen) atoms. The molecule has 4 nitrogen and oxygen atoms in total. The number of carbonyl (C=O) groups is 1. The average molecular weight is 240 g/mol. The minimum atomic E-state index is -0.129. The number of cyclic esters (lactones) is 1.